The molecule has 1 aromatic heterocycles. The van der Waals surface area contributed by atoms with E-state index in [1.54, 1.807) is 17.5 Å². The lowest BCUT2D eigenvalue weighted by Gasteiger charge is -2.09. The highest BCUT2D eigenvalue weighted by Crippen LogP contribution is 2.30. The van der Waals surface area contributed by atoms with E-state index in [4.69, 9.17) is 5.73 Å². The second-order valence-electron chi connectivity index (χ2n) is 3.71. The van der Waals surface area contributed by atoms with Crippen molar-refractivity contribution in [2.24, 2.45) is 5.73 Å². The van der Waals surface area contributed by atoms with Crippen LogP contribution in [-0.2, 0) is 10.0 Å². The topological polar surface area (TPSA) is 89.3 Å². The summed E-state index contributed by atoms with van der Waals surface area (Å²) in [4.78, 5) is 11.3. The molecule has 0 bridgehead atoms. The van der Waals surface area contributed by atoms with Gasteiger partial charge in [-0.3, -0.25) is 9.52 Å². The summed E-state index contributed by atoms with van der Waals surface area (Å²) < 4.78 is 28.1. The highest BCUT2D eigenvalue weighted by molar-refractivity contribution is 9.11. The molecule has 9 heteroatoms. The van der Waals surface area contributed by atoms with Crippen molar-refractivity contribution < 1.29 is 13.2 Å². The molecule has 0 unspecified atom stereocenters. The van der Waals surface area contributed by atoms with E-state index in [2.05, 4.69) is 36.6 Å². The van der Waals surface area contributed by atoms with Crippen LogP contribution in [0.15, 0.2) is 43.5 Å². The van der Waals surface area contributed by atoms with Crippen LogP contribution in [0.2, 0.25) is 0 Å². The van der Waals surface area contributed by atoms with Crippen LogP contribution in [0, 0.1) is 0 Å². The zero-order valence-corrected chi connectivity index (χ0v) is 14.6. The molecule has 0 saturated heterocycles. The minimum atomic E-state index is -3.82. The van der Waals surface area contributed by atoms with Crippen LogP contribution in [0.3, 0.4) is 0 Å². The molecule has 20 heavy (non-hydrogen) atoms. The molecule has 0 radical (unpaired) electrons. The van der Waals surface area contributed by atoms with Gasteiger partial charge in [0.05, 0.1) is 5.56 Å². The van der Waals surface area contributed by atoms with E-state index in [0.717, 1.165) is 11.3 Å². The average molecular weight is 440 g/mol. The van der Waals surface area contributed by atoms with Crippen LogP contribution in [0.5, 0.6) is 0 Å². The Hall–Kier alpha value is -0.900. The molecule has 0 spiro atoms. The Balaban J connectivity index is 2.44. The largest absolute Gasteiger partial charge is 0.366 e. The van der Waals surface area contributed by atoms with E-state index in [-0.39, 0.29) is 15.5 Å². The molecule has 1 amide bonds. The van der Waals surface area contributed by atoms with Gasteiger partial charge >= 0.3 is 0 Å². The van der Waals surface area contributed by atoms with Gasteiger partial charge in [-0.2, -0.15) is 0 Å². The Kier molecular flexibility index (Phi) is 4.52. The van der Waals surface area contributed by atoms with E-state index in [9.17, 15) is 13.2 Å². The Morgan fingerprint density at radius 2 is 1.95 bits per heavy atom. The van der Waals surface area contributed by atoms with Crippen LogP contribution >= 0.6 is 43.2 Å². The maximum Gasteiger partial charge on any atom is 0.263 e. The quantitative estimate of drug-likeness (QED) is 0.766. The lowest BCUT2D eigenvalue weighted by Crippen LogP contribution is -2.17. The Morgan fingerprint density at radius 3 is 2.60 bits per heavy atom. The minimum absolute atomic E-state index is 0.0655. The zero-order valence-electron chi connectivity index (χ0n) is 9.76. The fourth-order valence-electron chi connectivity index (χ4n) is 1.44. The van der Waals surface area contributed by atoms with Gasteiger partial charge in [0, 0.05) is 8.95 Å². The Labute approximate surface area is 136 Å². The minimum Gasteiger partial charge on any atom is -0.366 e. The highest BCUT2D eigenvalue weighted by Gasteiger charge is 2.21. The van der Waals surface area contributed by atoms with Crippen molar-refractivity contribution in [2.45, 2.75) is 4.90 Å². The van der Waals surface area contributed by atoms with Crippen LogP contribution in [0.4, 0.5) is 5.00 Å². The van der Waals surface area contributed by atoms with E-state index >= 15 is 0 Å². The predicted molar refractivity (Wildman–Crippen MR) is 85.5 cm³/mol. The van der Waals surface area contributed by atoms with Gasteiger partial charge in [-0.05, 0) is 45.6 Å². The first-order chi connectivity index (χ1) is 9.31. The van der Waals surface area contributed by atoms with Gasteiger partial charge in [-0.1, -0.05) is 15.9 Å². The summed E-state index contributed by atoms with van der Waals surface area (Å²) in [5, 5.41) is 1.79. The number of nitrogens with one attached hydrogen (secondary N) is 1. The molecule has 0 fully saturated rings. The van der Waals surface area contributed by atoms with Gasteiger partial charge in [0.25, 0.3) is 15.9 Å². The van der Waals surface area contributed by atoms with E-state index in [1.807, 2.05) is 0 Å². The summed E-state index contributed by atoms with van der Waals surface area (Å²) in [6.45, 7) is 0. The molecule has 2 rings (SSSR count). The molecule has 3 N–H and O–H groups in total. The van der Waals surface area contributed by atoms with Crippen molar-refractivity contribution >= 4 is 64.1 Å². The number of carbonyl (C=O) groups is 1. The second-order valence-corrected chi connectivity index (χ2v) is 8.04. The van der Waals surface area contributed by atoms with Crippen LogP contribution in [0.1, 0.15) is 10.4 Å². The van der Waals surface area contributed by atoms with Crippen LogP contribution < -0.4 is 10.5 Å². The number of hydrogen-bond donors (Lipinski definition) is 2. The van der Waals surface area contributed by atoms with Crippen molar-refractivity contribution in [3.05, 3.63) is 44.2 Å². The Bertz CT molecular complexity index is 772. The fraction of sp³-hybridized carbons (Fsp3) is 0. The molecule has 0 saturated carbocycles. The molecule has 0 aliphatic carbocycles. The van der Waals surface area contributed by atoms with Gasteiger partial charge in [0.15, 0.2) is 0 Å². The number of hydrogen-bond acceptors (Lipinski definition) is 4. The lowest BCUT2D eigenvalue weighted by atomic mass is 10.3. The molecule has 2 aromatic rings. The highest BCUT2D eigenvalue weighted by atomic mass is 79.9. The first kappa shape index (κ1) is 15.5. The normalized spacial score (nSPS) is 11.3. The van der Waals surface area contributed by atoms with Gasteiger partial charge in [-0.25, -0.2) is 8.42 Å². The smallest absolute Gasteiger partial charge is 0.263 e. The first-order valence-corrected chi connectivity index (χ1v) is 9.11. The average Bonchev–Trinajstić information content (AvgIpc) is 2.79. The molecule has 0 aliphatic heterocycles. The molecular weight excluding hydrogens is 432 g/mol. The molecule has 106 valence electrons. The number of benzene rings is 1. The van der Waals surface area contributed by atoms with E-state index in [1.165, 1.54) is 12.1 Å². The number of sulfonamides is 1. The van der Waals surface area contributed by atoms with Crippen molar-refractivity contribution in [1.82, 2.24) is 0 Å². The third-order valence-corrected chi connectivity index (χ3v) is 6.14. The van der Waals surface area contributed by atoms with Crippen LogP contribution in [-0.4, -0.2) is 14.3 Å². The number of rotatable bonds is 4. The fourth-order valence-corrected chi connectivity index (χ4v) is 5.07. The van der Waals surface area contributed by atoms with Crippen molar-refractivity contribution in [1.29, 1.82) is 0 Å². The summed E-state index contributed by atoms with van der Waals surface area (Å²) in [5.41, 5.74) is 5.33. The number of thiophene rings is 1. The number of amides is 1. The molecule has 0 atom stereocenters. The van der Waals surface area contributed by atoms with Gasteiger partial charge in [0.1, 0.15) is 9.90 Å². The molecule has 1 aromatic carbocycles. The standard InChI is InChI=1S/C11H8Br2N2O3S2/c12-6-1-2-8(13)9(5-6)20(17,18)15-11-7(10(14)16)3-4-19-11/h1-5,15H,(H2,14,16). The number of anilines is 1. The van der Waals surface area contributed by atoms with Gasteiger partial charge in [-0.15, -0.1) is 11.3 Å². The third-order valence-electron chi connectivity index (χ3n) is 2.34. The van der Waals surface area contributed by atoms with Gasteiger partial charge < -0.3 is 5.73 Å². The lowest BCUT2D eigenvalue weighted by molar-refractivity contribution is 0.100. The number of primary amides is 1. The number of halogens is 2. The van der Waals surface area contributed by atoms with E-state index in [0.29, 0.717) is 8.95 Å². The zero-order chi connectivity index (χ0) is 14.9. The van der Waals surface area contributed by atoms with Crippen molar-refractivity contribution in [3.63, 3.8) is 0 Å². The molecule has 1 heterocycles. The molecular formula is C11H8Br2N2O3S2. The molecule has 0 aliphatic rings. The monoisotopic (exact) mass is 438 g/mol. The summed E-state index contributed by atoms with van der Waals surface area (Å²) in [7, 11) is -3.82. The maximum atomic E-state index is 12.3. The summed E-state index contributed by atoms with van der Waals surface area (Å²) in [6.07, 6.45) is 0. The van der Waals surface area contributed by atoms with Crippen LogP contribution in [0.25, 0.3) is 0 Å². The van der Waals surface area contributed by atoms with E-state index < -0.39 is 15.9 Å². The van der Waals surface area contributed by atoms with Crippen molar-refractivity contribution in [3.8, 4) is 0 Å². The predicted octanol–water partition coefficient (Wildman–Crippen LogP) is 3.17. The summed E-state index contributed by atoms with van der Waals surface area (Å²) in [6, 6.07) is 6.26. The Morgan fingerprint density at radius 1 is 1.25 bits per heavy atom. The first-order valence-electron chi connectivity index (χ1n) is 5.16. The number of nitrogens with two attached hydrogens (primary N) is 1. The SMILES string of the molecule is NC(=O)c1ccsc1NS(=O)(=O)c1cc(Br)ccc1Br. The second kappa shape index (κ2) is 5.84. The number of carbonyl (C=O) groups excluding carboxylic acids is 1. The van der Waals surface area contributed by atoms with Gasteiger partial charge in [0.2, 0.25) is 0 Å². The maximum absolute atomic E-state index is 12.3. The summed E-state index contributed by atoms with van der Waals surface area (Å²) in [5.74, 6) is -0.683. The third kappa shape index (κ3) is 3.22. The summed E-state index contributed by atoms with van der Waals surface area (Å²) >= 11 is 7.50. The van der Waals surface area contributed by atoms with Crippen molar-refractivity contribution in [2.75, 3.05) is 4.72 Å². The molecule has 5 nitrogen and oxygen atoms in total.